The minimum Gasteiger partial charge on any atom is -0.197 e. The van der Waals surface area contributed by atoms with Gasteiger partial charge in [-0.2, -0.15) is 9.98 Å². The van der Waals surface area contributed by atoms with Crippen molar-refractivity contribution in [1.29, 1.82) is 0 Å². The van der Waals surface area contributed by atoms with Gasteiger partial charge in [0.05, 0.1) is 6.01 Å². The van der Waals surface area contributed by atoms with Crippen LogP contribution in [0.4, 0.5) is 0 Å². The summed E-state index contributed by atoms with van der Waals surface area (Å²) in [4.78, 5) is 7.82. The molecule has 0 amide bonds. The lowest BCUT2D eigenvalue weighted by Crippen LogP contribution is -2.13. The molecule has 0 spiro atoms. The normalized spacial score (nSPS) is 16.6. The first-order chi connectivity index (χ1) is 5.64. The van der Waals surface area contributed by atoms with Crippen LogP contribution in [0.2, 0.25) is 0 Å². The van der Waals surface area contributed by atoms with Gasteiger partial charge < -0.3 is 0 Å². The van der Waals surface area contributed by atoms with Crippen LogP contribution in [0.3, 0.4) is 0 Å². The Kier molecular flexibility index (Phi) is 3.57. The van der Waals surface area contributed by atoms with Crippen molar-refractivity contribution in [3.05, 3.63) is 0 Å². The first-order valence-corrected chi connectivity index (χ1v) is 4.92. The molecule has 0 saturated heterocycles. The van der Waals surface area contributed by atoms with E-state index in [2.05, 4.69) is 16.0 Å². The lowest BCUT2D eigenvalue weighted by Gasteiger charge is -2.17. The van der Waals surface area contributed by atoms with Gasteiger partial charge in [-0.3, -0.25) is 0 Å². The molecule has 68 valence electrons. The Labute approximate surface area is 82.7 Å². The molecule has 0 saturated carbocycles. The Balaban J connectivity index is 2.05. The molecule has 0 radical (unpaired) electrons. The lowest BCUT2D eigenvalue weighted by molar-refractivity contribution is 0.538. The van der Waals surface area contributed by atoms with Gasteiger partial charge in [0.1, 0.15) is 4.33 Å². The zero-order valence-corrected chi connectivity index (χ0v) is 8.57. The van der Waals surface area contributed by atoms with E-state index in [0.717, 1.165) is 25.7 Å². The fourth-order valence-electron chi connectivity index (χ4n) is 0.989. The minimum absolute atomic E-state index is 0.131. The van der Waals surface area contributed by atoms with Gasteiger partial charge in [0.15, 0.2) is 6.17 Å². The van der Waals surface area contributed by atoms with Gasteiger partial charge in [0, 0.05) is 0 Å². The van der Waals surface area contributed by atoms with Crippen LogP contribution in [0.1, 0.15) is 32.6 Å². The molecule has 4 heteroatoms. The molecule has 1 rings (SSSR count). The summed E-state index contributed by atoms with van der Waals surface area (Å²) in [6.07, 6.45) is 3.64. The Morgan fingerprint density at radius 2 is 2.08 bits per heavy atom. The predicted molar refractivity (Wildman–Crippen MR) is 52.2 cm³/mol. The number of hydrogen-bond donors (Lipinski definition) is 0. The summed E-state index contributed by atoms with van der Waals surface area (Å²) in [5, 5.41) is 0. The maximum absolute atomic E-state index is 5.95. The molecule has 0 atom stereocenters. The number of hydrogen-bond acceptors (Lipinski definition) is 2. The molecule has 0 aromatic carbocycles. The van der Waals surface area contributed by atoms with Crippen molar-refractivity contribution in [3.63, 3.8) is 0 Å². The summed E-state index contributed by atoms with van der Waals surface area (Å²) in [6.45, 7) is 1.99. The van der Waals surface area contributed by atoms with E-state index in [1.807, 2.05) is 6.92 Å². The molecule has 0 aromatic heterocycles. The highest BCUT2D eigenvalue weighted by Crippen LogP contribution is 2.31. The fraction of sp³-hybridized carbons (Fsp3) is 0.875. The molecular formula is C8H12Cl2N2. The van der Waals surface area contributed by atoms with Crippen LogP contribution in [0.25, 0.3) is 0 Å². The number of aliphatic imine (C=N–C) groups is 2. The van der Waals surface area contributed by atoms with E-state index in [0.29, 0.717) is 0 Å². The summed E-state index contributed by atoms with van der Waals surface area (Å²) in [6, 6.07) is 2.51. The van der Waals surface area contributed by atoms with E-state index in [-0.39, 0.29) is 6.17 Å². The molecular weight excluding hydrogens is 195 g/mol. The summed E-state index contributed by atoms with van der Waals surface area (Å²) < 4.78 is -0.558. The fourth-order valence-corrected chi connectivity index (χ4v) is 1.26. The van der Waals surface area contributed by atoms with Crippen molar-refractivity contribution >= 4 is 29.2 Å². The average molecular weight is 207 g/mol. The molecule has 1 heterocycles. The van der Waals surface area contributed by atoms with Gasteiger partial charge >= 0.3 is 0 Å². The van der Waals surface area contributed by atoms with Crippen molar-refractivity contribution in [2.45, 2.75) is 43.1 Å². The molecule has 12 heavy (non-hydrogen) atoms. The Bertz CT molecular complexity index is 199. The first-order valence-electron chi connectivity index (χ1n) is 4.16. The summed E-state index contributed by atoms with van der Waals surface area (Å²) >= 11 is 11.9. The third-order valence-electron chi connectivity index (χ3n) is 1.94. The molecule has 2 nitrogen and oxygen atoms in total. The van der Waals surface area contributed by atoms with Crippen LogP contribution in [-0.2, 0) is 0 Å². The van der Waals surface area contributed by atoms with Gasteiger partial charge in [0.2, 0.25) is 0 Å². The number of halogens is 2. The Morgan fingerprint density at radius 3 is 2.50 bits per heavy atom. The summed E-state index contributed by atoms with van der Waals surface area (Å²) in [7, 11) is 0. The predicted octanol–water partition coefficient (Wildman–Crippen LogP) is 3.25. The standard InChI is InChI=1S/C8H12Cl2N2/c1-2-8(9,10)5-3-4-7-11-6-12-7/h7H,2-5H2,1H3. The molecule has 0 N–H and O–H groups in total. The third kappa shape index (κ3) is 3.14. The van der Waals surface area contributed by atoms with Crippen molar-refractivity contribution < 1.29 is 0 Å². The Morgan fingerprint density at radius 1 is 1.42 bits per heavy atom. The van der Waals surface area contributed by atoms with E-state index in [4.69, 9.17) is 23.2 Å². The second kappa shape index (κ2) is 4.27. The van der Waals surface area contributed by atoms with E-state index in [9.17, 15) is 0 Å². The van der Waals surface area contributed by atoms with E-state index in [1.165, 1.54) is 0 Å². The Hall–Kier alpha value is -0.0400. The van der Waals surface area contributed by atoms with E-state index < -0.39 is 4.33 Å². The van der Waals surface area contributed by atoms with Gasteiger partial charge in [-0.1, -0.05) is 6.92 Å². The molecule has 1 aliphatic heterocycles. The third-order valence-corrected chi connectivity index (χ3v) is 2.85. The van der Waals surface area contributed by atoms with E-state index in [1.54, 1.807) is 0 Å². The van der Waals surface area contributed by atoms with Crippen LogP contribution in [0.5, 0.6) is 0 Å². The first kappa shape index (κ1) is 10.0. The molecule has 1 aliphatic rings. The van der Waals surface area contributed by atoms with Gasteiger partial charge in [0.25, 0.3) is 0 Å². The molecule has 0 aliphatic carbocycles. The highest BCUT2D eigenvalue weighted by atomic mass is 35.5. The van der Waals surface area contributed by atoms with E-state index >= 15 is 0 Å². The molecule has 0 unspecified atom stereocenters. The van der Waals surface area contributed by atoms with Crippen molar-refractivity contribution in [1.82, 2.24) is 0 Å². The number of rotatable bonds is 5. The van der Waals surface area contributed by atoms with Gasteiger partial charge in [-0.05, 0) is 25.7 Å². The minimum atomic E-state index is -0.558. The second-order valence-electron chi connectivity index (χ2n) is 2.94. The zero-order chi connectivity index (χ0) is 9.03. The number of alkyl halides is 2. The van der Waals surface area contributed by atoms with Crippen LogP contribution in [0, 0.1) is 0 Å². The number of nitrogens with zero attached hydrogens (tertiary/aromatic N) is 2. The van der Waals surface area contributed by atoms with Crippen LogP contribution >= 0.6 is 23.2 Å². The maximum atomic E-state index is 5.95. The monoisotopic (exact) mass is 206 g/mol. The van der Waals surface area contributed by atoms with Crippen molar-refractivity contribution in [2.24, 2.45) is 9.98 Å². The van der Waals surface area contributed by atoms with Crippen LogP contribution in [-0.4, -0.2) is 16.5 Å². The van der Waals surface area contributed by atoms with Crippen molar-refractivity contribution in [3.8, 4) is 0 Å². The quantitative estimate of drug-likeness (QED) is 0.618. The van der Waals surface area contributed by atoms with Gasteiger partial charge in [-0.15, -0.1) is 23.2 Å². The second-order valence-corrected chi connectivity index (χ2v) is 4.58. The van der Waals surface area contributed by atoms with Crippen LogP contribution in [0.15, 0.2) is 9.98 Å². The molecule has 0 fully saturated rings. The topological polar surface area (TPSA) is 24.7 Å². The largest absolute Gasteiger partial charge is 0.197 e. The smallest absolute Gasteiger partial charge is 0.161 e. The summed E-state index contributed by atoms with van der Waals surface area (Å²) in [5.41, 5.74) is 0. The molecule has 0 bridgehead atoms. The maximum Gasteiger partial charge on any atom is 0.161 e. The van der Waals surface area contributed by atoms with Crippen LogP contribution < -0.4 is 0 Å². The lowest BCUT2D eigenvalue weighted by atomic mass is 10.1. The highest BCUT2D eigenvalue weighted by Gasteiger charge is 2.21. The summed E-state index contributed by atoms with van der Waals surface area (Å²) in [5.74, 6) is 0. The SMILES string of the molecule is CCC(Cl)(Cl)CCCC1N=C=N1. The zero-order valence-electron chi connectivity index (χ0n) is 7.06. The molecule has 0 aromatic rings. The average Bonchev–Trinajstić information content (AvgIpc) is 1.95. The van der Waals surface area contributed by atoms with Crippen molar-refractivity contribution in [2.75, 3.05) is 0 Å². The highest BCUT2D eigenvalue weighted by molar-refractivity contribution is 6.48. The van der Waals surface area contributed by atoms with Gasteiger partial charge in [-0.25, -0.2) is 0 Å².